The van der Waals surface area contributed by atoms with Crippen LogP contribution in [-0.4, -0.2) is 80.5 Å². The number of anilines is 1. The SMILES string of the molecule is CCCSc1nc(NC2CC2c2ccc(F)c(F)c2)c2nnn(C3CC(OCC(=O)OC)[C@H]4OC(C)(C)OC34)c2n1. The summed E-state index contributed by atoms with van der Waals surface area (Å²) in [5.41, 5.74) is 1.76. The van der Waals surface area contributed by atoms with Gasteiger partial charge in [0, 0.05) is 24.1 Å². The Morgan fingerprint density at radius 1 is 1.20 bits per heavy atom. The number of nitrogens with one attached hydrogen (secondary N) is 1. The number of benzene rings is 1. The summed E-state index contributed by atoms with van der Waals surface area (Å²) >= 11 is 1.53. The average Bonchev–Trinajstić information content (AvgIpc) is 3.28. The standard InChI is InChI=1S/C27H32F2N6O5S/c1-5-8-41-26-31-24(30-17-10-14(17)13-6-7-15(28)16(29)9-13)21-25(32-26)35(34-33-21)18-11-19(38-12-20(36)37-4)23-22(18)39-27(2,3)40-23/h6-7,9,14,17-19,22-23H,5,8,10-12H2,1-4H3,(H,30,31,32)/t14?,17?,18?,19?,22?,23-/m1/s1. The van der Waals surface area contributed by atoms with Crippen LogP contribution in [0, 0.1) is 11.6 Å². The van der Waals surface area contributed by atoms with Crippen LogP contribution < -0.4 is 5.32 Å². The third kappa shape index (κ3) is 5.62. The van der Waals surface area contributed by atoms with Gasteiger partial charge in [0.2, 0.25) is 0 Å². The van der Waals surface area contributed by atoms with Gasteiger partial charge in [-0.05, 0) is 44.4 Å². The first-order valence-electron chi connectivity index (χ1n) is 13.7. The zero-order valence-corrected chi connectivity index (χ0v) is 24.0. The van der Waals surface area contributed by atoms with Crippen LogP contribution in [-0.2, 0) is 23.7 Å². The molecule has 2 saturated carbocycles. The molecule has 1 aliphatic heterocycles. The molecule has 0 bridgehead atoms. The molecule has 3 aromatic rings. The highest BCUT2D eigenvalue weighted by molar-refractivity contribution is 7.99. The average molecular weight is 591 g/mol. The molecule has 5 unspecified atom stereocenters. The van der Waals surface area contributed by atoms with Gasteiger partial charge in [0.25, 0.3) is 0 Å². The monoisotopic (exact) mass is 590 g/mol. The van der Waals surface area contributed by atoms with Gasteiger partial charge in [-0.15, -0.1) is 5.10 Å². The second-order valence-electron chi connectivity index (χ2n) is 11.0. The summed E-state index contributed by atoms with van der Waals surface area (Å²) in [6.45, 7) is 5.55. The van der Waals surface area contributed by atoms with Crippen molar-refractivity contribution in [3.05, 3.63) is 35.4 Å². The fourth-order valence-electron chi connectivity index (χ4n) is 5.58. The number of carbonyl (C=O) groups excluding carboxylic acids is 1. The van der Waals surface area contributed by atoms with Crippen LogP contribution in [0.2, 0.25) is 0 Å². The smallest absolute Gasteiger partial charge is 0.331 e. The molecule has 1 N–H and O–H groups in total. The van der Waals surface area contributed by atoms with Gasteiger partial charge in [-0.2, -0.15) is 0 Å². The van der Waals surface area contributed by atoms with Crippen LogP contribution in [0.4, 0.5) is 14.6 Å². The highest BCUT2D eigenvalue weighted by Gasteiger charge is 2.56. The molecule has 0 amide bonds. The lowest BCUT2D eigenvalue weighted by Gasteiger charge is -2.23. The number of fused-ring (bicyclic) bond motifs is 2. The van der Waals surface area contributed by atoms with Gasteiger partial charge >= 0.3 is 5.97 Å². The Hall–Kier alpha value is -2.94. The van der Waals surface area contributed by atoms with Crippen LogP contribution in [0.1, 0.15) is 57.6 Å². The summed E-state index contributed by atoms with van der Waals surface area (Å²) in [6.07, 6.45) is 0.896. The summed E-state index contributed by atoms with van der Waals surface area (Å²) in [4.78, 5) is 21.3. The number of methoxy groups -OCH3 is 1. The maximum atomic E-state index is 13.8. The molecule has 1 aromatic carbocycles. The van der Waals surface area contributed by atoms with Crippen molar-refractivity contribution < 1.29 is 32.5 Å². The van der Waals surface area contributed by atoms with Crippen molar-refractivity contribution in [2.24, 2.45) is 0 Å². The largest absolute Gasteiger partial charge is 0.467 e. The zero-order chi connectivity index (χ0) is 28.9. The highest BCUT2D eigenvalue weighted by Crippen LogP contribution is 2.47. The van der Waals surface area contributed by atoms with E-state index in [1.807, 2.05) is 13.8 Å². The van der Waals surface area contributed by atoms with Crippen LogP contribution in [0.5, 0.6) is 0 Å². The lowest BCUT2D eigenvalue weighted by molar-refractivity contribution is -0.173. The molecule has 3 fully saturated rings. The van der Waals surface area contributed by atoms with Crippen molar-refractivity contribution in [2.75, 3.05) is 24.8 Å². The topological polar surface area (TPSA) is 123 Å². The number of carbonyl (C=O) groups is 1. The number of nitrogens with zero attached hydrogens (tertiary/aromatic N) is 5. The Kier molecular flexibility index (Phi) is 7.59. The maximum Gasteiger partial charge on any atom is 0.331 e. The van der Waals surface area contributed by atoms with E-state index >= 15 is 0 Å². The van der Waals surface area contributed by atoms with Crippen molar-refractivity contribution in [1.82, 2.24) is 25.0 Å². The number of aromatic nitrogens is 5. The van der Waals surface area contributed by atoms with Gasteiger partial charge in [-0.3, -0.25) is 0 Å². The molecular formula is C27H32F2N6O5S. The minimum Gasteiger partial charge on any atom is -0.467 e. The summed E-state index contributed by atoms with van der Waals surface area (Å²) in [5.74, 6) is -1.66. The van der Waals surface area contributed by atoms with E-state index in [-0.39, 0.29) is 24.6 Å². The molecule has 2 aromatic heterocycles. The fraction of sp³-hybridized carbons (Fsp3) is 0.593. The molecule has 0 spiro atoms. The number of rotatable bonds is 10. The number of esters is 1. The number of ether oxygens (including phenoxy) is 4. The number of halogens is 2. The van der Waals surface area contributed by atoms with E-state index < -0.39 is 41.7 Å². The first-order valence-corrected chi connectivity index (χ1v) is 14.7. The summed E-state index contributed by atoms with van der Waals surface area (Å²) in [5, 5.41) is 12.9. The van der Waals surface area contributed by atoms with E-state index in [1.165, 1.54) is 24.9 Å². The van der Waals surface area contributed by atoms with Crippen LogP contribution >= 0.6 is 11.8 Å². The van der Waals surface area contributed by atoms with Crippen molar-refractivity contribution in [3.63, 3.8) is 0 Å². The van der Waals surface area contributed by atoms with E-state index in [2.05, 4.69) is 22.6 Å². The Morgan fingerprint density at radius 2 is 2.00 bits per heavy atom. The minimum atomic E-state index is -0.863. The first-order chi connectivity index (χ1) is 19.7. The Bertz CT molecular complexity index is 1460. The second-order valence-corrected chi connectivity index (χ2v) is 12.0. The Morgan fingerprint density at radius 3 is 2.76 bits per heavy atom. The van der Waals surface area contributed by atoms with Crippen molar-refractivity contribution in [2.45, 2.75) is 87.3 Å². The third-order valence-corrected chi connectivity index (χ3v) is 8.62. The molecule has 14 heteroatoms. The predicted octanol–water partition coefficient (Wildman–Crippen LogP) is 3.99. The number of hydrogen-bond acceptors (Lipinski definition) is 11. The summed E-state index contributed by atoms with van der Waals surface area (Å²) < 4.78 is 52.1. The van der Waals surface area contributed by atoms with E-state index in [1.54, 1.807) is 10.7 Å². The van der Waals surface area contributed by atoms with Crippen molar-refractivity contribution in [3.8, 4) is 0 Å². The van der Waals surface area contributed by atoms with Crippen LogP contribution in [0.25, 0.3) is 11.2 Å². The van der Waals surface area contributed by atoms with E-state index in [0.717, 1.165) is 30.2 Å². The van der Waals surface area contributed by atoms with Crippen LogP contribution in [0.15, 0.2) is 23.4 Å². The van der Waals surface area contributed by atoms with Crippen molar-refractivity contribution >= 4 is 34.7 Å². The molecule has 41 heavy (non-hydrogen) atoms. The molecule has 11 nitrogen and oxygen atoms in total. The molecule has 1 saturated heterocycles. The van der Waals surface area contributed by atoms with E-state index in [0.29, 0.717) is 28.6 Å². The Balaban J connectivity index is 1.30. The van der Waals surface area contributed by atoms with E-state index in [4.69, 9.17) is 28.9 Å². The summed E-state index contributed by atoms with van der Waals surface area (Å²) in [7, 11) is 1.31. The summed E-state index contributed by atoms with van der Waals surface area (Å²) in [6, 6.07) is 3.67. The predicted molar refractivity (Wildman–Crippen MR) is 144 cm³/mol. The van der Waals surface area contributed by atoms with Crippen molar-refractivity contribution in [1.29, 1.82) is 0 Å². The molecule has 3 heterocycles. The highest BCUT2D eigenvalue weighted by atomic mass is 32.2. The molecule has 6 atom stereocenters. The van der Waals surface area contributed by atoms with Gasteiger partial charge in [0.05, 0.1) is 19.3 Å². The van der Waals surface area contributed by atoms with Gasteiger partial charge in [-0.1, -0.05) is 30.0 Å². The molecular weight excluding hydrogens is 558 g/mol. The molecule has 6 rings (SSSR count). The molecule has 2 aliphatic carbocycles. The Labute approximate surface area is 239 Å². The number of thioether (sulfide) groups is 1. The van der Waals surface area contributed by atoms with Gasteiger partial charge < -0.3 is 24.3 Å². The normalized spacial score (nSPS) is 28.1. The molecule has 3 aliphatic rings. The lowest BCUT2D eigenvalue weighted by atomic mass is 10.1. The second kappa shape index (κ2) is 11.0. The third-order valence-electron chi connectivity index (χ3n) is 7.56. The molecule has 0 radical (unpaired) electrons. The zero-order valence-electron chi connectivity index (χ0n) is 23.2. The fourth-order valence-corrected chi connectivity index (χ4v) is 6.27. The first kappa shape index (κ1) is 28.2. The van der Waals surface area contributed by atoms with Gasteiger partial charge in [-0.25, -0.2) is 28.2 Å². The molecule has 220 valence electrons. The maximum absolute atomic E-state index is 13.8. The van der Waals surface area contributed by atoms with Crippen LogP contribution in [0.3, 0.4) is 0 Å². The number of hydrogen-bond donors (Lipinski definition) is 1. The lowest BCUT2D eigenvalue weighted by Crippen LogP contribution is -2.32. The van der Waals surface area contributed by atoms with Gasteiger partial charge in [0.1, 0.15) is 18.8 Å². The quantitative estimate of drug-likeness (QED) is 0.209. The van der Waals surface area contributed by atoms with Gasteiger partial charge in [0.15, 0.2) is 39.6 Å². The minimum absolute atomic E-state index is 0.0199. The van der Waals surface area contributed by atoms with E-state index in [9.17, 15) is 13.6 Å².